The number of carbonyl (C=O) groups excluding carboxylic acids is 1. The van der Waals surface area contributed by atoms with E-state index in [0.29, 0.717) is 12.5 Å². The van der Waals surface area contributed by atoms with Crippen molar-refractivity contribution >= 4 is 5.97 Å². The monoisotopic (exact) mass is 220 g/mol. The zero-order chi connectivity index (χ0) is 11.7. The van der Waals surface area contributed by atoms with Crippen LogP contribution in [0, 0.1) is 0 Å². The van der Waals surface area contributed by atoms with E-state index in [4.69, 9.17) is 0 Å². The van der Waals surface area contributed by atoms with Gasteiger partial charge in [0.25, 0.3) is 0 Å². The molecule has 0 saturated carbocycles. The van der Waals surface area contributed by atoms with Crippen molar-refractivity contribution in [1.82, 2.24) is 0 Å². The van der Waals surface area contributed by atoms with E-state index in [1.165, 1.54) is 13.0 Å². The number of hydrogen-bond acceptors (Lipinski definition) is 2. The summed E-state index contributed by atoms with van der Waals surface area (Å²) in [6.07, 6.45) is 5.46. The third-order valence-corrected chi connectivity index (χ3v) is 1.85. The van der Waals surface area contributed by atoms with Crippen LogP contribution >= 0.6 is 0 Å². The van der Waals surface area contributed by atoms with E-state index in [2.05, 4.69) is 4.74 Å². The Morgan fingerprint density at radius 1 is 1.33 bits per heavy atom. The lowest BCUT2D eigenvalue weighted by Gasteiger charge is -2.09. The second-order valence-electron chi connectivity index (χ2n) is 3.24. The molecule has 88 valence electrons. The molecule has 0 aromatic heterocycles. The molecule has 0 aliphatic heterocycles. The number of carbonyl (C=O) groups is 1. The summed E-state index contributed by atoms with van der Waals surface area (Å²) in [6, 6.07) is 0. The number of halogens is 2. The average molecular weight is 220 g/mol. The zero-order valence-corrected chi connectivity index (χ0v) is 9.26. The molecule has 0 aromatic rings. The summed E-state index contributed by atoms with van der Waals surface area (Å²) in [5.41, 5.74) is 0. The molecular formula is C11H18F2O2. The molecule has 0 saturated heterocycles. The lowest BCUT2D eigenvalue weighted by molar-refractivity contribution is -0.164. The van der Waals surface area contributed by atoms with Crippen LogP contribution in [-0.2, 0) is 9.53 Å². The first-order valence-electron chi connectivity index (χ1n) is 5.27. The molecule has 0 atom stereocenters. The van der Waals surface area contributed by atoms with E-state index in [-0.39, 0.29) is 6.61 Å². The fourth-order valence-electron chi connectivity index (χ4n) is 1.04. The lowest BCUT2D eigenvalue weighted by atomic mass is 10.2. The van der Waals surface area contributed by atoms with Gasteiger partial charge in [-0.1, -0.05) is 25.8 Å². The van der Waals surface area contributed by atoms with Crippen LogP contribution in [-0.4, -0.2) is 18.5 Å². The second kappa shape index (κ2) is 7.37. The Bertz CT molecular complexity index is 213. The number of unbranched alkanes of at least 4 members (excludes halogenated alkanes) is 3. The van der Waals surface area contributed by atoms with Gasteiger partial charge in [-0.05, 0) is 25.8 Å². The van der Waals surface area contributed by atoms with Gasteiger partial charge in [-0.15, -0.1) is 0 Å². The maximum atomic E-state index is 13.0. The van der Waals surface area contributed by atoms with Gasteiger partial charge in [0.15, 0.2) is 0 Å². The van der Waals surface area contributed by atoms with Gasteiger partial charge in [-0.25, -0.2) is 4.79 Å². The van der Waals surface area contributed by atoms with Gasteiger partial charge in [0.1, 0.15) is 0 Å². The number of alkyl halides is 2. The van der Waals surface area contributed by atoms with Crippen LogP contribution in [0.15, 0.2) is 12.2 Å². The first kappa shape index (κ1) is 14.1. The predicted octanol–water partition coefficient (Wildman–Crippen LogP) is 3.32. The average Bonchev–Trinajstić information content (AvgIpc) is 2.18. The molecule has 0 rings (SSSR count). The van der Waals surface area contributed by atoms with Gasteiger partial charge >= 0.3 is 11.9 Å². The number of esters is 1. The Labute approximate surface area is 89.3 Å². The molecule has 0 amide bonds. The van der Waals surface area contributed by atoms with Crippen molar-refractivity contribution < 1.29 is 18.3 Å². The highest BCUT2D eigenvalue weighted by Gasteiger charge is 2.37. The van der Waals surface area contributed by atoms with E-state index < -0.39 is 11.9 Å². The standard InChI is InChI=1S/C11H18F2O2/c1-3-5-6-7-8-9-11(12,13)10(14)15-4-2/h8-9H,3-7H2,1-2H3/b9-8+. The van der Waals surface area contributed by atoms with Gasteiger partial charge in [0.05, 0.1) is 6.61 Å². The van der Waals surface area contributed by atoms with Gasteiger partial charge in [-0.2, -0.15) is 8.78 Å². The SMILES string of the molecule is CCCCC/C=C/C(F)(F)C(=O)OCC. The quantitative estimate of drug-likeness (QED) is 0.374. The Hall–Kier alpha value is -0.930. The summed E-state index contributed by atoms with van der Waals surface area (Å²) in [4.78, 5) is 10.8. The first-order chi connectivity index (χ1) is 7.04. The highest BCUT2D eigenvalue weighted by molar-refractivity contribution is 5.79. The molecule has 0 N–H and O–H groups in total. The fraction of sp³-hybridized carbons (Fsp3) is 0.727. The molecule has 2 nitrogen and oxygen atoms in total. The van der Waals surface area contributed by atoms with Gasteiger partial charge in [-0.3, -0.25) is 0 Å². The van der Waals surface area contributed by atoms with Crippen molar-refractivity contribution in [2.24, 2.45) is 0 Å². The molecule has 0 fully saturated rings. The molecule has 0 heterocycles. The van der Waals surface area contributed by atoms with Crippen LogP contribution < -0.4 is 0 Å². The molecular weight excluding hydrogens is 202 g/mol. The van der Waals surface area contributed by atoms with E-state index in [9.17, 15) is 13.6 Å². The number of ether oxygens (including phenoxy) is 1. The van der Waals surface area contributed by atoms with Crippen molar-refractivity contribution in [1.29, 1.82) is 0 Å². The van der Waals surface area contributed by atoms with Crippen LogP contribution in [0.4, 0.5) is 8.78 Å². The zero-order valence-electron chi connectivity index (χ0n) is 9.26. The minimum Gasteiger partial charge on any atom is -0.461 e. The number of hydrogen-bond donors (Lipinski definition) is 0. The van der Waals surface area contributed by atoms with Crippen LogP contribution in [0.2, 0.25) is 0 Å². The maximum Gasteiger partial charge on any atom is 0.381 e. The fourth-order valence-corrected chi connectivity index (χ4v) is 1.04. The van der Waals surface area contributed by atoms with E-state index in [1.807, 2.05) is 6.92 Å². The maximum absolute atomic E-state index is 13.0. The highest BCUT2D eigenvalue weighted by Crippen LogP contribution is 2.18. The summed E-state index contributed by atoms with van der Waals surface area (Å²) in [5, 5.41) is 0. The van der Waals surface area contributed by atoms with Crippen LogP contribution in [0.5, 0.6) is 0 Å². The van der Waals surface area contributed by atoms with Crippen molar-refractivity contribution in [3.63, 3.8) is 0 Å². The molecule has 0 bridgehead atoms. The predicted molar refractivity (Wildman–Crippen MR) is 54.9 cm³/mol. The topological polar surface area (TPSA) is 26.3 Å². The minimum atomic E-state index is -3.48. The summed E-state index contributed by atoms with van der Waals surface area (Å²) in [6.45, 7) is 3.51. The number of rotatable bonds is 7. The molecule has 0 spiro atoms. The van der Waals surface area contributed by atoms with Gasteiger partial charge in [0.2, 0.25) is 0 Å². The van der Waals surface area contributed by atoms with E-state index in [0.717, 1.165) is 19.3 Å². The molecule has 0 unspecified atom stereocenters. The van der Waals surface area contributed by atoms with Gasteiger partial charge in [0, 0.05) is 0 Å². The molecule has 0 aromatic carbocycles. The van der Waals surface area contributed by atoms with Crippen LogP contribution in [0.1, 0.15) is 39.5 Å². The van der Waals surface area contributed by atoms with Gasteiger partial charge < -0.3 is 4.74 Å². The minimum absolute atomic E-state index is 0.0297. The smallest absolute Gasteiger partial charge is 0.381 e. The lowest BCUT2D eigenvalue weighted by Crippen LogP contribution is -2.28. The Morgan fingerprint density at radius 3 is 2.53 bits per heavy atom. The van der Waals surface area contributed by atoms with Crippen LogP contribution in [0.3, 0.4) is 0 Å². The second-order valence-corrected chi connectivity index (χ2v) is 3.24. The largest absolute Gasteiger partial charge is 0.461 e. The summed E-state index contributed by atoms with van der Waals surface area (Å²) in [5.74, 6) is -4.96. The molecule has 15 heavy (non-hydrogen) atoms. The molecule has 0 radical (unpaired) electrons. The summed E-state index contributed by atoms with van der Waals surface area (Å²) >= 11 is 0. The van der Waals surface area contributed by atoms with Crippen molar-refractivity contribution in [2.75, 3.05) is 6.61 Å². The summed E-state index contributed by atoms with van der Waals surface area (Å²) < 4.78 is 30.1. The first-order valence-corrected chi connectivity index (χ1v) is 5.27. The van der Waals surface area contributed by atoms with Crippen molar-refractivity contribution in [2.45, 2.75) is 45.5 Å². The van der Waals surface area contributed by atoms with Crippen molar-refractivity contribution in [3.8, 4) is 0 Å². The Balaban J connectivity index is 3.95. The third kappa shape index (κ3) is 6.20. The Morgan fingerprint density at radius 2 is 2.00 bits per heavy atom. The Kier molecular flexibility index (Phi) is 6.92. The molecule has 4 heteroatoms. The normalized spacial score (nSPS) is 12.0. The summed E-state index contributed by atoms with van der Waals surface area (Å²) in [7, 11) is 0. The van der Waals surface area contributed by atoms with E-state index in [1.54, 1.807) is 0 Å². The molecule has 0 aliphatic rings. The van der Waals surface area contributed by atoms with E-state index >= 15 is 0 Å². The van der Waals surface area contributed by atoms with Crippen LogP contribution in [0.25, 0.3) is 0 Å². The van der Waals surface area contributed by atoms with Crippen molar-refractivity contribution in [3.05, 3.63) is 12.2 Å². The molecule has 0 aliphatic carbocycles. The third-order valence-electron chi connectivity index (χ3n) is 1.85. The number of allylic oxidation sites excluding steroid dienone is 1. The highest BCUT2D eigenvalue weighted by atomic mass is 19.3.